The van der Waals surface area contributed by atoms with Crippen molar-refractivity contribution in [1.29, 1.82) is 0 Å². The fourth-order valence-electron chi connectivity index (χ4n) is 2.56. The maximum Gasteiger partial charge on any atom is 0.273 e. The van der Waals surface area contributed by atoms with Crippen molar-refractivity contribution in [3.8, 4) is 5.75 Å². The molecule has 0 saturated carbocycles. The Morgan fingerprint density at radius 1 is 1.26 bits per heavy atom. The summed E-state index contributed by atoms with van der Waals surface area (Å²) in [6.45, 7) is 0. The van der Waals surface area contributed by atoms with E-state index in [9.17, 15) is 4.79 Å². The molecule has 1 aliphatic heterocycles. The number of fused-ring (bicyclic) bond motifs is 1. The van der Waals surface area contributed by atoms with E-state index in [0.717, 1.165) is 27.2 Å². The molecule has 0 fully saturated rings. The van der Waals surface area contributed by atoms with E-state index in [-0.39, 0.29) is 5.91 Å². The van der Waals surface area contributed by atoms with Gasteiger partial charge < -0.3 is 9.72 Å². The van der Waals surface area contributed by atoms with Gasteiger partial charge in [0.15, 0.2) is 0 Å². The third-order valence-electron chi connectivity index (χ3n) is 3.67. The van der Waals surface area contributed by atoms with Crippen LogP contribution in [-0.4, -0.2) is 23.7 Å². The first-order chi connectivity index (χ1) is 11.2. The van der Waals surface area contributed by atoms with Gasteiger partial charge in [-0.2, -0.15) is 5.10 Å². The number of rotatable bonds is 3. The molecule has 0 atom stereocenters. The smallest absolute Gasteiger partial charge is 0.273 e. The first-order valence-electron chi connectivity index (χ1n) is 7.05. The van der Waals surface area contributed by atoms with Gasteiger partial charge in [0, 0.05) is 16.6 Å². The fraction of sp³-hybridized carbons (Fsp3) is 0.0588. The number of H-pyrrole nitrogens is 1. The molecule has 2 aromatic heterocycles. The molecule has 0 spiro atoms. The standard InChI is InChI=1S/C17H13N3O2S/c1-22-12-4-5-14-10(8-12)7-11(18-14)9-13-16(19-20-17(13)21)15-3-2-6-23-15/h2-9,18H,1H3,(H,20,21). The maximum atomic E-state index is 12.1. The Hall–Kier alpha value is -2.86. The predicted molar refractivity (Wildman–Crippen MR) is 91.8 cm³/mol. The van der Waals surface area contributed by atoms with Crippen LogP contribution in [0.3, 0.4) is 0 Å². The lowest BCUT2D eigenvalue weighted by Crippen LogP contribution is -2.13. The number of hydrogen-bond acceptors (Lipinski definition) is 4. The van der Waals surface area contributed by atoms with Crippen molar-refractivity contribution in [3.63, 3.8) is 0 Å². The van der Waals surface area contributed by atoms with E-state index in [1.54, 1.807) is 18.4 Å². The predicted octanol–water partition coefficient (Wildman–Crippen LogP) is 3.16. The zero-order valence-corrected chi connectivity index (χ0v) is 13.1. The molecule has 1 aromatic carbocycles. The largest absolute Gasteiger partial charge is 0.497 e. The van der Waals surface area contributed by atoms with Crippen molar-refractivity contribution < 1.29 is 9.53 Å². The Bertz CT molecular complexity index is 952. The first-order valence-corrected chi connectivity index (χ1v) is 7.93. The van der Waals surface area contributed by atoms with Crippen molar-refractivity contribution in [2.45, 2.75) is 0 Å². The van der Waals surface area contributed by atoms with Gasteiger partial charge in [-0.25, -0.2) is 5.43 Å². The van der Waals surface area contributed by atoms with Crippen LogP contribution in [0.15, 0.2) is 52.5 Å². The zero-order chi connectivity index (χ0) is 15.8. The number of hydrogen-bond donors (Lipinski definition) is 2. The van der Waals surface area contributed by atoms with Gasteiger partial charge in [0.05, 0.1) is 17.6 Å². The lowest BCUT2D eigenvalue weighted by Gasteiger charge is -1.97. The van der Waals surface area contributed by atoms with Crippen molar-refractivity contribution in [1.82, 2.24) is 10.4 Å². The fourth-order valence-corrected chi connectivity index (χ4v) is 3.29. The number of nitrogens with one attached hydrogen (secondary N) is 2. The molecular formula is C17H13N3O2S. The molecule has 0 aliphatic carbocycles. The van der Waals surface area contributed by atoms with Crippen LogP contribution < -0.4 is 10.2 Å². The molecule has 6 heteroatoms. The van der Waals surface area contributed by atoms with E-state index < -0.39 is 0 Å². The number of methoxy groups -OCH3 is 1. The third kappa shape index (κ3) is 2.43. The number of benzene rings is 1. The minimum atomic E-state index is -0.190. The van der Waals surface area contributed by atoms with E-state index in [2.05, 4.69) is 15.5 Å². The molecular weight excluding hydrogens is 310 g/mol. The highest BCUT2D eigenvalue weighted by Crippen LogP contribution is 2.25. The average molecular weight is 323 g/mol. The quantitative estimate of drug-likeness (QED) is 0.727. The molecule has 23 heavy (non-hydrogen) atoms. The number of aromatic amines is 1. The number of amides is 1. The van der Waals surface area contributed by atoms with Crippen LogP contribution in [0.4, 0.5) is 0 Å². The Morgan fingerprint density at radius 3 is 2.96 bits per heavy atom. The van der Waals surface area contributed by atoms with Gasteiger partial charge in [-0.05, 0) is 41.8 Å². The monoisotopic (exact) mass is 323 g/mol. The highest BCUT2D eigenvalue weighted by Gasteiger charge is 2.24. The molecule has 1 aliphatic rings. The Balaban J connectivity index is 1.76. The van der Waals surface area contributed by atoms with Gasteiger partial charge in [0.25, 0.3) is 5.91 Å². The van der Waals surface area contributed by atoms with Crippen LogP contribution in [-0.2, 0) is 4.79 Å². The second-order valence-electron chi connectivity index (χ2n) is 5.11. The van der Waals surface area contributed by atoms with Gasteiger partial charge in [-0.3, -0.25) is 4.79 Å². The van der Waals surface area contributed by atoms with Crippen molar-refractivity contribution in [2.24, 2.45) is 5.10 Å². The summed E-state index contributed by atoms with van der Waals surface area (Å²) in [5.74, 6) is 0.611. The molecule has 5 nitrogen and oxygen atoms in total. The van der Waals surface area contributed by atoms with Crippen LogP contribution in [0, 0.1) is 0 Å². The number of carbonyl (C=O) groups is 1. The first kappa shape index (κ1) is 13.8. The molecule has 3 aromatic rings. The van der Waals surface area contributed by atoms with Crippen molar-refractivity contribution >= 4 is 39.9 Å². The lowest BCUT2D eigenvalue weighted by molar-refractivity contribution is -0.116. The van der Waals surface area contributed by atoms with Gasteiger partial charge in [0.2, 0.25) is 0 Å². The summed E-state index contributed by atoms with van der Waals surface area (Å²) in [6.07, 6.45) is 1.83. The summed E-state index contributed by atoms with van der Waals surface area (Å²) in [4.78, 5) is 16.3. The van der Waals surface area contributed by atoms with Gasteiger partial charge in [-0.15, -0.1) is 11.3 Å². The van der Waals surface area contributed by atoms with E-state index in [1.807, 2.05) is 47.9 Å². The Kier molecular flexibility index (Phi) is 3.24. The minimum Gasteiger partial charge on any atom is -0.497 e. The molecule has 0 radical (unpaired) electrons. The second kappa shape index (κ2) is 5.40. The molecule has 3 heterocycles. The molecule has 0 bridgehead atoms. The highest BCUT2D eigenvalue weighted by molar-refractivity contribution is 7.12. The van der Waals surface area contributed by atoms with Crippen LogP contribution >= 0.6 is 11.3 Å². The summed E-state index contributed by atoms with van der Waals surface area (Å²) in [5.41, 5.74) is 5.62. The normalized spacial score (nSPS) is 16.0. The van der Waals surface area contributed by atoms with Crippen molar-refractivity contribution in [2.75, 3.05) is 7.11 Å². The molecule has 0 saturated heterocycles. The van der Waals surface area contributed by atoms with Crippen LogP contribution in [0.2, 0.25) is 0 Å². The second-order valence-corrected chi connectivity index (χ2v) is 6.06. The summed E-state index contributed by atoms with van der Waals surface area (Å²) >= 11 is 1.56. The number of hydrazone groups is 1. The maximum absolute atomic E-state index is 12.1. The molecule has 0 unspecified atom stereocenters. The van der Waals surface area contributed by atoms with E-state index in [0.29, 0.717) is 11.3 Å². The van der Waals surface area contributed by atoms with Gasteiger partial charge in [0.1, 0.15) is 11.5 Å². The Morgan fingerprint density at radius 2 is 2.17 bits per heavy atom. The number of aromatic nitrogens is 1. The lowest BCUT2D eigenvalue weighted by atomic mass is 10.1. The summed E-state index contributed by atoms with van der Waals surface area (Å²) < 4.78 is 5.24. The van der Waals surface area contributed by atoms with E-state index in [1.165, 1.54) is 0 Å². The molecule has 4 rings (SSSR count). The number of ether oxygens (including phenoxy) is 1. The van der Waals surface area contributed by atoms with E-state index >= 15 is 0 Å². The summed E-state index contributed by atoms with van der Waals surface area (Å²) in [6, 6.07) is 11.7. The van der Waals surface area contributed by atoms with Gasteiger partial charge >= 0.3 is 0 Å². The highest BCUT2D eigenvalue weighted by atomic mass is 32.1. The zero-order valence-electron chi connectivity index (χ0n) is 12.3. The molecule has 1 amide bonds. The SMILES string of the molecule is COc1ccc2[nH]c(C=C3C(=O)NN=C3c3cccs3)cc2c1. The van der Waals surface area contributed by atoms with Crippen LogP contribution in [0.5, 0.6) is 5.75 Å². The topological polar surface area (TPSA) is 66.5 Å². The third-order valence-corrected chi connectivity index (χ3v) is 4.55. The minimum absolute atomic E-state index is 0.190. The number of thiophene rings is 1. The Labute approximate surface area is 136 Å². The molecule has 114 valence electrons. The molecule has 2 N–H and O–H groups in total. The van der Waals surface area contributed by atoms with Crippen molar-refractivity contribution in [3.05, 3.63) is 57.9 Å². The number of nitrogens with zero attached hydrogens (tertiary/aromatic N) is 1. The summed E-state index contributed by atoms with van der Waals surface area (Å²) in [5, 5.41) is 7.14. The number of carbonyl (C=O) groups excluding carboxylic acids is 1. The van der Waals surface area contributed by atoms with Gasteiger partial charge in [-0.1, -0.05) is 6.07 Å². The average Bonchev–Trinajstić information content (AvgIpc) is 3.27. The van der Waals surface area contributed by atoms with Crippen LogP contribution in [0.1, 0.15) is 10.6 Å². The van der Waals surface area contributed by atoms with E-state index in [4.69, 9.17) is 4.74 Å². The van der Waals surface area contributed by atoms with Crippen LogP contribution in [0.25, 0.3) is 17.0 Å². The summed E-state index contributed by atoms with van der Waals surface area (Å²) in [7, 11) is 1.64.